The maximum Gasteiger partial charge on any atom is 0.260 e. The van der Waals surface area contributed by atoms with Gasteiger partial charge in [-0.25, -0.2) is 4.98 Å². The minimum absolute atomic E-state index is 0.0303. The first-order valence-electron chi connectivity index (χ1n) is 11.6. The number of anilines is 1. The molecule has 1 N–H and O–H groups in total. The van der Waals surface area contributed by atoms with Crippen molar-refractivity contribution >= 4 is 28.3 Å². The van der Waals surface area contributed by atoms with E-state index in [4.69, 9.17) is 9.47 Å². The van der Waals surface area contributed by atoms with Crippen molar-refractivity contribution in [3.8, 4) is 21.9 Å². The van der Waals surface area contributed by atoms with E-state index < -0.39 is 0 Å². The molecule has 1 fully saturated rings. The van der Waals surface area contributed by atoms with Gasteiger partial charge in [0.1, 0.15) is 0 Å². The molecule has 0 saturated carbocycles. The Hall–Kier alpha value is -3.39. The second kappa shape index (κ2) is 11.2. The summed E-state index contributed by atoms with van der Waals surface area (Å²) in [5.41, 5.74) is 2.35. The van der Waals surface area contributed by atoms with Gasteiger partial charge in [0.05, 0.1) is 17.2 Å². The molecule has 4 rings (SSSR count). The minimum atomic E-state index is -0.287. The monoisotopic (exact) mass is 479 g/mol. The first-order valence-corrected chi connectivity index (χ1v) is 12.4. The molecule has 0 aliphatic carbocycles. The molecule has 2 heterocycles. The van der Waals surface area contributed by atoms with Crippen molar-refractivity contribution in [2.75, 3.05) is 31.6 Å². The molecule has 178 valence electrons. The fourth-order valence-electron chi connectivity index (χ4n) is 3.89. The van der Waals surface area contributed by atoms with Gasteiger partial charge in [-0.2, -0.15) is 0 Å². The van der Waals surface area contributed by atoms with E-state index in [-0.39, 0.29) is 18.4 Å². The van der Waals surface area contributed by atoms with E-state index in [2.05, 4.69) is 10.3 Å². The summed E-state index contributed by atoms with van der Waals surface area (Å²) >= 11 is 1.44. The lowest BCUT2D eigenvalue weighted by Gasteiger charge is -2.26. The summed E-state index contributed by atoms with van der Waals surface area (Å²) in [7, 11) is 0. The molecule has 1 aliphatic heterocycles. The van der Waals surface area contributed by atoms with Gasteiger partial charge in [-0.1, -0.05) is 41.7 Å². The highest BCUT2D eigenvalue weighted by molar-refractivity contribution is 7.19. The molecule has 0 spiro atoms. The summed E-state index contributed by atoms with van der Waals surface area (Å²) < 4.78 is 11.5. The molecule has 1 aromatic heterocycles. The average molecular weight is 480 g/mol. The van der Waals surface area contributed by atoms with Crippen LogP contribution in [0.2, 0.25) is 0 Å². The third kappa shape index (κ3) is 5.75. The zero-order valence-corrected chi connectivity index (χ0v) is 20.3. The molecule has 0 bridgehead atoms. The van der Waals surface area contributed by atoms with Gasteiger partial charge in [0, 0.05) is 18.7 Å². The number of likely N-dealkylation sites (tertiary alicyclic amines) is 1. The number of aromatic nitrogens is 1. The lowest BCUT2D eigenvalue weighted by Crippen LogP contribution is -2.38. The molecule has 3 aromatic rings. The minimum Gasteiger partial charge on any atom is -0.490 e. The Kier molecular flexibility index (Phi) is 7.80. The van der Waals surface area contributed by atoms with E-state index in [0.29, 0.717) is 28.8 Å². The number of piperidine rings is 1. The molecule has 1 aliphatic rings. The van der Waals surface area contributed by atoms with E-state index in [1.165, 1.54) is 11.3 Å². The van der Waals surface area contributed by atoms with E-state index in [0.717, 1.165) is 48.5 Å². The number of carbonyl (C=O) groups excluding carboxylic acids is 2. The fraction of sp³-hybridized carbons (Fsp3) is 0.346. The molecule has 0 atom stereocenters. The van der Waals surface area contributed by atoms with E-state index in [1.807, 2.05) is 49.1 Å². The van der Waals surface area contributed by atoms with Crippen molar-refractivity contribution in [2.45, 2.75) is 33.1 Å². The Morgan fingerprint density at radius 1 is 1.03 bits per heavy atom. The van der Waals surface area contributed by atoms with Gasteiger partial charge in [-0.05, 0) is 56.9 Å². The molecule has 8 heteroatoms. The highest BCUT2D eigenvalue weighted by atomic mass is 32.1. The molecule has 2 amide bonds. The summed E-state index contributed by atoms with van der Waals surface area (Å²) in [5, 5.41) is 3.42. The third-order valence-corrected chi connectivity index (χ3v) is 6.74. The number of hydrogen-bond acceptors (Lipinski definition) is 6. The lowest BCUT2D eigenvalue weighted by molar-refractivity contribution is -0.134. The van der Waals surface area contributed by atoms with Crippen LogP contribution in [-0.4, -0.2) is 48.0 Å². The predicted molar refractivity (Wildman–Crippen MR) is 134 cm³/mol. The van der Waals surface area contributed by atoms with Crippen LogP contribution in [-0.2, 0) is 4.79 Å². The second-order valence-electron chi connectivity index (χ2n) is 8.08. The van der Waals surface area contributed by atoms with E-state index >= 15 is 0 Å². The maximum atomic E-state index is 12.9. The van der Waals surface area contributed by atoms with Crippen LogP contribution < -0.4 is 14.8 Å². The van der Waals surface area contributed by atoms with Crippen LogP contribution in [0.25, 0.3) is 10.4 Å². The van der Waals surface area contributed by atoms with Gasteiger partial charge in [0.2, 0.25) is 0 Å². The van der Waals surface area contributed by atoms with Crippen molar-refractivity contribution in [2.24, 2.45) is 0 Å². The number of ether oxygens (including phenoxy) is 2. The topological polar surface area (TPSA) is 80.8 Å². The van der Waals surface area contributed by atoms with Crippen LogP contribution in [0, 0.1) is 6.92 Å². The molecule has 0 unspecified atom stereocenters. The molecular weight excluding hydrogens is 450 g/mol. The maximum absolute atomic E-state index is 12.9. The highest BCUT2D eigenvalue weighted by Crippen LogP contribution is 2.33. The average Bonchev–Trinajstić information content (AvgIpc) is 3.24. The molecule has 2 aromatic carbocycles. The van der Waals surface area contributed by atoms with E-state index in [1.54, 1.807) is 18.2 Å². The summed E-state index contributed by atoms with van der Waals surface area (Å²) in [6.07, 6.45) is 3.23. The van der Waals surface area contributed by atoms with Crippen LogP contribution in [0.15, 0.2) is 48.5 Å². The highest BCUT2D eigenvalue weighted by Gasteiger charge is 2.19. The predicted octanol–water partition coefficient (Wildman–Crippen LogP) is 5.16. The Bertz CT molecular complexity index is 1140. The number of rotatable bonds is 8. The van der Waals surface area contributed by atoms with Crippen molar-refractivity contribution in [1.82, 2.24) is 9.88 Å². The largest absolute Gasteiger partial charge is 0.490 e. The van der Waals surface area contributed by atoms with Crippen molar-refractivity contribution in [3.05, 3.63) is 59.8 Å². The van der Waals surface area contributed by atoms with Gasteiger partial charge in [-0.15, -0.1) is 0 Å². The van der Waals surface area contributed by atoms with E-state index in [9.17, 15) is 9.59 Å². The molecule has 34 heavy (non-hydrogen) atoms. The van der Waals surface area contributed by atoms with Gasteiger partial charge in [0.15, 0.2) is 23.2 Å². The number of benzene rings is 2. The van der Waals surface area contributed by atoms with Gasteiger partial charge in [-0.3, -0.25) is 14.9 Å². The van der Waals surface area contributed by atoms with Crippen LogP contribution >= 0.6 is 11.3 Å². The standard InChI is InChI=1S/C26H29N3O4S/c1-3-32-22-16-20(12-13-21(22)33-17-23(30)29-14-8-5-9-15-29)25(31)28-26-27-18(2)24(34-26)19-10-6-4-7-11-19/h4,6-7,10-13,16H,3,5,8-9,14-15,17H2,1-2H3,(H,27,28,31). The SMILES string of the molecule is CCOc1cc(C(=O)Nc2nc(C)c(-c3ccccc3)s2)ccc1OCC(=O)N1CCCCC1. The number of nitrogens with zero attached hydrogens (tertiary/aromatic N) is 2. The second-order valence-corrected chi connectivity index (χ2v) is 9.08. The van der Waals surface area contributed by atoms with Gasteiger partial charge < -0.3 is 14.4 Å². The molecule has 0 radical (unpaired) electrons. The third-order valence-electron chi connectivity index (χ3n) is 5.62. The van der Waals surface area contributed by atoms with Crippen LogP contribution in [0.4, 0.5) is 5.13 Å². The Labute approximate surface area is 203 Å². The Balaban J connectivity index is 1.44. The number of nitrogens with one attached hydrogen (secondary N) is 1. The summed E-state index contributed by atoms with van der Waals surface area (Å²) in [6.45, 7) is 5.71. The first kappa shape index (κ1) is 23.8. The number of hydrogen-bond donors (Lipinski definition) is 1. The van der Waals surface area contributed by atoms with Gasteiger partial charge >= 0.3 is 0 Å². The van der Waals surface area contributed by atoms with Crippen molar-refractivity contribution in [3.63, 3.8) is 0 Å². The molecule has 1 saturated heterocycles. The Morgan fingerprint density at radius 3 is 2.53 bits per heavy atom. The fourth-order valence-corrected chi connectivity index (χ4v) is 4.85. The zero-order valence-electron chi connectivity index (χ0n) is 19.5. The summed E-state index contributed by atoms with van der Waals surface area (Å²) in [6, 6.07) is 14.9. The number of carbonyl (C=O) groups is 2. The Morgan fingerprint density at radius 2 is 1.79 bits per heavy atom. The van der Waals surface area contributed by atoms with Crippen molar-refractivity contribution < 1.29 is 19.1 Å². The van der Waals surface area contributed by atoms with Gasteiger partial charge in [0.25, 0.3) is 11.8 Å². The number of thiazole rings is 1. The summed E-state index contributed by atoms with van der Waals surface area (Å²) in [5.74, 6) is 0.560. The normalized spacial score (nSPS) is 13.4. The molecule has 7 nitrogen and oxygen atoms in total. The number of amides is 2. The lowest BCUT2D eigenvalue weighted by atomic mass is 10.1. The zero-order chi connectivity index (χ0) is 23.9. The van der Waals surface area contributed by atoms with Crippen LogP contribution in [0.5, 0.6) is 11.5 Å². The quantitative estimate of drug-likeness (QED) is 0.483. The van der Waals surface area contributed by atoms with Crippen LogP contribution in [0.1, 0.15) is 42.2 Å². The van der Waals surface area contributed by atoms with Crippen molar-refractivity contribution in [1.29, 1.82) is 0 Å². The molecular formula is C26H29N3O4S. The summed E-state index contributed by atoms with van der Waals surface area (Å²) in [4.78, 5) is 32.7. The first-order chi connectivity index (χ1) is 16.5. The number of aryl methyl sites for hydroxylation is 1. The van der Waals surface area contributed by atoms with Crippen LogP contribution in [0.3, 0.4) is 0 Å². The smallest absolute Gasteiger partial charge is 0.260 e.